The van der Waals surface area contributed by atoms with Gasteiger partial charge in [-0.15, -0.1) is 0 Å². The van der Waals surface area contributed by atoms with Crippen LogP contribution in [0.5, 0.6) is 5.75 Å². The Bertz CT molecular complexity index is 511. The minimum absolute atomic E-state index is 0.0143. The van der Waals surface area contributed by atoms with Crippen molar-refractivity contribution in [3.05, 3.63) is 29.8 Å². The molecule has 7 nitrogen and oxygen atoms in total. The molecule has 1 fully saturated rings. The van der Waals surface area contributed by atoms with Gasteiger partial charge in [0.05, 0.1) is 6.61 Å². The lowest BCUT2D eigenvalue weighted by Crippen LogP contribution is -2.38. The SMILES string of the molecule is NC(=NO)c1ccc(OCC(=O)N(CCO)C2CC2)cc1. The predicted octanol–water partition coefficient (Wildman–Crippen LogP) is 0.143. The number of hydrogen-bond acceptors (Lipinski definition) is 5. The van der Waals surface area contributed by atoms with Gasteiger partial charge in [-0.2, -0.15) is 0 Å². The number of rotatable bonds is 7. The molecule has 1 aliphatic rings. The van der Waals surface area contributed by atoms with Gasteiger partial charge in [0.15, 0.2) is 12.4 Å². The van der Waals surface area contributed by atoms with Gasteiger partial charge in [-0.05, 0) is 37.1 Å². The van der Waals surface area contributed by atoms with Crippen LogP contribution in [0.1, 0.15) is 18.4 Å². The van der Waals surface area contributed by atoms with Crippen LogP contribution < -0.4 is 10.5 Å². The molecule has 0 atom stereocenters. The fraction of sp³-hybridized carbons (Fsp3) is 0.429. The van der Waals surface area contributed by atoms with Crippen molar-refractivity contribution in [1.82, 2.24) is 4.90 Å². The maximum atomic E-state index is 12.0. The summed E-state index contributed by atoms with van der Waals surface area (Å²) in [7, 11) is 0. The molecule has 0 aliphatic heterocycles. The first-order valence-corrected chi connectivity index (χ1v) is 6.76. The molecule has 0 saturated heterocycles. The van der Waals surface area contributed by atoms with E-state index in [0.717, 1.165) is 12.8 Å². The molecule has 0 aromatic heterocycles. The average molecular weight is 293 g/mol. The van der Waals surface area contributed by atoms with Crippen LogP contribution in [0, 0.1) is 0 Å². The van der Waals surface area contributed by atoms with Crippen LogP contribution in [0.25, 0.3) is 0 Å². The molecule has 114 valence electrons. The highest BCUT2D eigenvalue weighted by atomic mass is 16.5. The van der Waals surface area contributed by atoms with Gasteiger partial charge >= 0.3 is 0 Å². The monoisotopic (exact) mass is 293 g/mol. The normalized spacial score (nSPS) is 14.8. The van der Waals surface area contributed by atoms with Crippen LogP contribution in [0.3, 0.4) is 0 Å². The van der Waals surface area contributed by atoms with Gasteiger partial charge in [0.2, 0.25) is 0 Å². The quantitative estimate of drug-likeness (QED) is 0.287. The lowest BCUT2D eigenvalue weighted by molar-refractivity contribution is -0.134. The number of hydrogen-bond donors (Lipinski definition) is 3. The summed E-state index contributed by atoms with van der Waals surface area (Å²) in [5.41, 5.74) is 6.02. The van der Waals surface area contributed by atoms with Crippen molar-refractivity contribution in [2.75, 3.05) is 19.8 Å². The first kappa shape index (κ1) is 15.1. The third-order valence-corrected chi connectivity index (χ3v) is 3.27. The van der Waals surface area contributed by atoms with Crippen molar-refractivity contribution < 1.29 is 19.8 Å². The topological polar surface area (TPSA) is 108 Å². The molecule has 0 radical (unpaired) electrons. The van der Waals surface area contributed by atoms with E-state index in [1.165, 1.54) is 0 Å². The number of oxime groups is 1. The molecular weight excluding hydrogens is 274 g/mol. The summed E-state index contributed by atoms with van der Waals surface area (Å²) in [6.07, 6.45) is 1.97. The maximum Gasteiger partial charge on any atom is 0.260 e. The molecule has 0 spiro atoms. The summed E-state index contributed by atoms with van der Waals surface area (Å²) in [6, 6.07) is 6.82. The minimum atomic E-state index is -0.132. The molecule has 1 amide bonds. The van der Waals surface area contributed by atoms with Crippen LogP contribution >= 0.6 is 0 Å². The van der Waals surface area contributed by atoms with E-state index in [0.29, 0.717) is 17.9 Å². The molecule has 21 heavy (non-hydrogen) atoms. The highest BCUT2D eigenvalue weighted by Gasteiger charge is 2.32. The third-order valence-electron chi connectivity index (χ3n) is 3.27. The van der Waals surface area contributed by atoms with E-state index in [-0.39, 0.29) is 31.0 Å². The number of aliphatic hydroxyl groups excluding tert-OH is 1. The first-order valence-electron chi connectivity index (χ1n) is 6.76. The summed E-state index contributed by atoms with van der Waals surface area (Å²) in [6.45, 7) is 0.228. The van der Waals surface area contributed by atoms with Gasteiger partial charge < -0.3 is 25.7 Å². The van der Waals surface area contributed by atoms with E-state index in [1.54, 1.807) is 29.2 Å². The van der Waals surface area contributed by atoms with Crippen molar-refractivity contribution in [2.45, 2.75) is 18.9 Å². The molecular formula is C14H19N3O4. The molecule has 4 N–H and O–H groups in total. The second kappa shape index (κ2) is 6.94. The zero-order chi connectivity index (χ0) is 15.2. The Morgan fingerprint density at radius 2 is 2.05 bits per heavy atom. The van der Waals surface area contributed by atoms with Gasteiger partial charge in [0.1, 0.15) is 5.75 Å². The third kappa shape index (κ3) is 4.09. The Hall–Kier alpha value is -2.28. The predicted molar refractivity (Wildman–Crippen MR) is 76.3 cm³/mol. The van der Waals surface area contributed by atoms with Crippen molar-refractivity contribution in [1.29, 1.82) is 0 Å². The highest BCUT2D eigenvalue weighted by Crippen LogP contribution is 2.26. The van der Waals surface area contributed by atoms with E-state index < -0.39 is 0 Å². The number of benzene rings is 1. The maximum absolute atomic E-state index is 12.0. The molecule has 2 rings (SSSR count). The standard InChI is InChI=1S/C14H19N3O4/c15-14(16-20)10-1-5-12(6-2-10)21-9-13(19)17(7-8-18)11-3-4-11/h1-2,5-6,11,18,20H,3-4,7-9H2,(H2,15,16). The average Bonchev–Trinajstić information content (AvgIpc) is 3.34. The van der Waals surface area contributed by atoms with E-state index in [1.807, 2.05) is 0 Å². The number of aliphatic hydroxyl groups is 1. The fourth-order valence-corrected chi connectivity index (χ4v) is 2.01. The summed E-state index contributed by atoms with van der Waals surface area (Å²) in [5, 5.41) is 20.4. The Balaban J connectivity index is 1.88. The zero-order valence-electron chi connectivity index (χ0n) is 11.6. The van der Waals surface area contributed by atoms with E-state index in [2.05, 4.69) is 5.16 Å². The smallest absolute Gasteiger partial charge is 0.260 e. The zero-order valence-corrected chi connectivity index (χ0v) is 11.6. The summed E-state index contributed by atoms with van der Waals surface area (Å²) >= 11 is 0. The van der Waals surface area contributed by atoms with E-state index in [9.17, 15) is 4.79 Å². The number of amides is 1. The largest absolute Gasteiger partial charge is 0.484 e. The van der Waals surface area contributed by atoms with Crippen molar-refractivity contribution >= 4 is 11.7 Å². The van der Waals surface area contributed by atoms with Crippen LogP contribution in [-0.2, 0) is 4.79 Å². The summed E-state index contributed by atoms with van der Waals surface area (Å²) in [4.78, 5) is 13.7. The number of amidine groups is 1. The molecule has 0 bridgehead atoms. The first-order chi connectivity index (χ1) is 10.2. The van der Waals surface area contributed by atoms with Gasteiger partial charge in [-0.3, -0.25) is 4.79 Å². The van der Waals surface area contributed by atoms with E-state index >= 15 is 0 Å². The molecule has 7 heteroatoms. The number of carbonyl (C=O) groups is 1. The molecule has 1 saturated carbocycles. The number of ether oxygens (including phenoxy) is 1. The Kier molecular flexibility index (Phi) is 4.99. The second-order valence-electron chi connectivity index (χ2n) is 4.84. The van der Waals surface area contributed by atoms with Crippen molar-refractivity contribution in [2.24, 2.45) is 10.9 Å². The Morgan fingerprint density at radius 1 is 1.38 bits per heavy atom. The van der Waals surface area contributed by atoms with Crippen molar-refractivity contribution in [3.8, 4) is 5.75 Å². The lowest BCUT2D eigenvalue weighted by Gasteiger charge is -2.21. The number of nitrogens with zero attached hydrogens (tertiary/aromatic N) is 2. The minimum Gasteiger partial charge on any atom is -0.484 e. The van der Waals surface area contributed by atoms with Crippen molar-refractivity contribution in [3.63, 3.8) is 0 Å². The molecule has 0 heterocycles. The van der Waals surface area contributed by atoms with Crippen LogP contribution in [-0.4, -0.2) is 52.8 Å². The Labute approximate surface area is 122 Å². The van der Waals surface area contributed by atoms with E-state index in [4.69, 9.17) is 20.8 Å². The second-order valence-corrected chi connectivity index (χ2v) is 4.84. The summed E-state index contributed by atoms with van der Waals surface area (Å²) < 4.78 is 5.43. The molecule has 1 aromatic carbocycles. The number of nitrogens with two attached hydrogens (primary N) is 1. The van der Waals surface area contributed by atoms with Gasteiger partial charge in [-0.1, -0.05) is 5.16 Å². The highest BCUT2D eigenvalue weighted by molar-refractivity contribution is 5.97. The lowest BCUT2D eigenvalue weighted by atomic mass is 10.2. The summed E-state index contributed by atoms with van der Waals surface area (Å²) in [5.74, 6) is 0.408. The van der Waals surface area contributed by atoms with Crippen LogP contribution in [0.2, 0.25) is 0 Å². The van der Waals surface area contributed by atoms with Crippen LogP contribution in [0.15, 0.2) is 29.4 Å². The Morgan fingerprint density at radius 3 is 2.57 bits per heavy atom. The van der Waals surface area contributed by atoms with Gasteiger partial charge in [0.25, 0.3) is 5.91 Å². The molecule has 1 aromatic rings. The van der Waals surface area contributed by atoms with Gasteiger partial charge in [-0.25, -0.2) is 0 Å². The fourth-order valence-electron chi connectivity index (χ4n) is 2.01. The molecule has 0 unspecified atom stereocenters. The van der Waals surface area contributed by atoms with Crippen LogP contribution in [0.4, 0.5) is 0 Å². The molecule has 1 aliphatic carbocycles. The number of carbonyl (C=O) groups excluding carboxylic acids is 1. The van der Waals surface area contributed by atoms with Gasteiger partial charge in [0, 0.05) is 18.2 Å².